The van der Waals surface area contributed by atoms with Gasteiger partial charge in [0.25, 0.3) is 0 Å². The van der Waals surface area contributed by atoms with Gasteiger partial charge < -0.3 is 29.7 Å². The number of nitrogens with zero attached hydrogens (tertiary/aromatic N) is 4. The highest BCUT2D eigenvalue weighted by Gasteiger charge is 2.26. The summed E-state index contributed by atoms with van der Waals surface area (Å²) in [6, 6.07) is 15.0. The molecular formula is C28H34N6O4. The number of benzene rings is 2. The Morgan fingerprint density at radius 3 is 2.29 bits per heavy atom. The van der Waals surface area contributed by atoms with Crippen LogP contribution in [0, 0.1) is 0 Å². The highest BCUT2D eigenvalue weighted by Crippen LogP contribution is 2.29. The third-order valence-corrected chi connectivity index (χ3v) is 6.78. The van der Waals surface area contributed by atoms with Crippen molar-refractivity contribution in [3.63, 3.8) is 0 Å². The number of morpholine rings is 1. The second-order valence-electron chi connectivity index (χ2n) is 9.61. The molecule has 2 saturated heterocycles. The average molecular weight is 519 g/mol. The van der Waals surface area contributed by atoms with Crippen LogP contribution in [0.2, 0.25) is 0 Å². The van der Waals surface area contributed by atoms with Gasteiger partial charge in [-0.05, 0) is 61.7 Å². The van der Waals surface area contributed by atoms with Crippen LogP contribution in [-0.2, 0) is 20.8 Å². The summed E-state index contributed by atoms with van der Waals surface area (Å²) in [4.78, 5) is 29.3. The van der Waals surface area contributed by atoms with Crippen LogP contribution >= 0.6 is 0 Å². The van der Waals surface area contributed by atoms with Crippen molar-refractivity contribution in [2.75, 3.05) is 55.6 Å². The normalized spacial score (nSPS) is 18.3. The zero-order valence-corrected chi connectivity index (χ0v) is 21.9. The van der Waals surface area contributed by atoms with Crippen LogP contribution in [0.5, 0.6) is 0 Å². The maximum absolute atomic E-state index is 12.5. The second-order valence-corrected chi connectivity index (χ2v) is 9.61. The average Bonchev–Trinajstić information content (AvgIpc) is 2.95. The number of ether oxygens (including phenoxy) is 3. The maximum Gasteiger partial charge on any atom is 0.323 e. The molecule has 200 valence electrons. The van der Waals surface area contributed by atoms with Crippen LogP contribution in [0.1, 0.15) is 37.1 Å². The molecule has 10 nitrogen and oxygen atoms in total. The Bertz CT molecular complexity index is 1220. The van der Waals surface area contributed by atoms with Crippen molar-refractivity contribution in [3.8, 4) is 11.4 Å². The van der Waals surface area contributed by atoms with Crippen molar-refractivity contribution in [2.45, 2.75) is 38.3 Å². The first-order chi connectivity index (χ1) is 18.6. The van der Waals surface area contributed by atoms with Gasteiger partial charge in [0.05, 0.1) is 25.9 Å². The van der Waals surface area contributed by atoms with E-state index in [9.17, 15) is 4.79 Å². The fraction of sp³-hybridized carbons (Fsp3) is 0.429. The number of rotatable bonds is 7. The third-order valence-electron chi connectivity index (χ3n) is 6.78. The predicted octanol–water partition coefficient (Wildman–Crippen LogP) is 4.45. The molecule has 0 radical (unpaired) electrons. The lowest BCUT2D eigenvalue weighted by Gasteiger charge is -2.34. The smallest absolute Gasteiger partial charge is 0.323 e. The van der Waals surface area contributed by atoms with Gasteiger partial charge in [0.2, 0.25) is 5.95 Å². The van der Waals surface area contributed by atoms with Crippen LogP contribution in [0.4, 0.5) is 22.1 Å². The zero-order valence-electron chi connectivity index (χ0n) is 21.9. The van der Waals surface area contributed by atoms with E-state index in [0.717, 1.165) is 36.3 Å². The van der Waals surface area contributed by atoms with Gasteiger partial charge in [-0.2, -0.15) is 9.97 Å². The molecule has 1 atom stereocenters. The molecule has 10 heteroatoms. The fourth-order valence-corrected chi connectivity index (χ4v) is 4.65. The van der Waals surface area contributed by atoms with E-state index in [4.69, 9.17) is 29.2 Å². The Morgan fingerprint density at radius 1 is 0.947 bits per heavy atom. The van der Waals surface area contributed by atoms with E-state index in [-0.39, 0.29) is 18.0 Å². The van der Waals surface area contributed by atoms with Crippen molar-refractivity contribution in [2.24, 2.45) is 0 Å². The molecule has 0 saturated carbocycles. The Morgan fingerprint density at radius 2 is 1.63 bits per heavy atom. The molecule has 5 rings (SSSR count). The van der Waals surface area contributed by atoms with E-state index in [0.29, 0.717) is 56.2 Å². The van der Waals surface area contributed by atoms with Gasteiger partial charge in [-0.15, -0.1) is 0 Å². The van der Waals surface area contributed by atoms with Gasteiger partial charge in [-0.3, -0.25) is 0 Å². The van der Waals surface area contributed by atoms with Crippen LogP contribution in [0.3, 0.4) is 0 Å². The first-order valence-electron chi connectivity index (χ1n) is 13.0. The molecule has 2 aliphatic rings. The SMILES string of the molecule is COCc1ccc(NC(=O)Nc2ccc(-c3nc(C4CCOCC4)nc(N4CCOC[C@H]4C)n3)cc2)cc1. The molecule has 1 aromatic heterocycles. The third kappa shape index (κ3) is 6.45. The monoisotopic (exact) mass is 518 g/mol. The highest BCUT2D eigenvalue weighted by atomic mass is 16.5. The Labute approximate surface area is 222 Å². The minimum atomic E-state index is -0.317. The second kappa shape index (κ2) is 12.3. The van der Waals surface area contributed by atoms with Crippen LogP contribution in [0.15, 0.2) is 48.5 Å². The molecule has 38 heavy (non-hydrogen) atoms. The van der Waals surface area contributed by atoms with Crippen LogP contribution in [-0.4, -0.2) is 67.1 Å². The highest BCUT2D eigenvalue weighted by molar-refractivity contribution is 5.99. The molecule has 3 heterocycles. The number of methoxy groups -OCH3 is 1. The fourth-order valence-electron chi connectivity index (χ4n) is 4.65. The maximum atomic E-state index is 12.5. The molecule has 0 aliphatic carbocycles. The lowest BCUT2D eigenvalue weighted by molar-refractivity contribution is 0.0834. The van der Waals surface area contributed by atoms with E-state index >= 15 is 0 Å². The summed E-state index contributed by atoms with van der Waals surface area (Å²) in [5.41, 5.74) is 3.28. The van der Waals surface area contributed by atoms with E-state index in [1.165, 1.54) is 0 Å². The van der Waals surface area contributed by atoms with Crippen LogP contribution < -0.4 is 15.5 Å². The Kier molecular flexibility index (Phi) is 8.42. The number of hydrogen-bond donors (Lipinski definition) is 2. The summed E-state index contributed by atoms with van der Waals surface area (Å²) in [6.45, 7) is 6.12. The van der Waals surface area contributed by atoms with Gasteiger partial charge in [0, 0.05) is 49.7 Å². The summed E-state index contributed by atoms with van der Waals surface area (Å²) in [7, 11) is 1.65. The van der Waals surface area contributed by atoms with Crippen molar-refractivity contribution in [1.29, 1.82) is 0 Å². The minimum Gasteiger partial charge on any atom is -0.381 e. The van der Waals surface area contributed by atoms with Gasteiger partial charge >= 0.3 is 6.03 Å². The van der Waals surface area contributed by atoms with Gasteiger partial charge in [-0.1, -0.05) is 12.1 Å². The number of carbonyl (C=O) groups excluding carboxylic acids is 1. The summed E-state index contributed by atoms with van der Waals surface area (Å²) >= 11 is 0. The number of anilines is 3. The van der Waals surface area contributed by atoms with E-state index in [1.807, 2.05) is 48.5 Å². The number of hydrogen-bond acceptors (Lipinski definition) is 8. The van der Waals surface area contributed by atoms with Gasteiger partial charge in [0.15, 0.2) is 5.82 Å². The lowest BCUT2D eigenvalue weighted by Crippen LogP contribution is -2.44. The van der Waals surface area contributed by atoms with E-state index in [2.05, 4.69) is 22.5 Å². The Hall–Kier alpha value is -3.60. The molecule has 2 aliphatic heterocycles. The molecule has 0 bridgehead atoms. The van der Waals surface area contributed by atoms with Crippen LogP contribution in [0.25, 0.3) is 11.4 Å². The summed E-state index contributed by atoms with van der Waals surface area (Å²) in [5.74, 6) is 2.37. The largest absolute Gasteiger partial charge is 0.381 e. The number of amides is 2. The summed E-state index contributed by atoms with van der Waals surface area (Å²) in [5, 5.41) is 5.72. The first-order valence-corrected chi connectivity index (χ1v) is 13.0. The number of nitrogens with one attached hydrogen (secondary N) is 2. The molecule has 2 N–H and O–H groups in total. The van der Waals surface area contributed by atoms with Crippen molar-refractivity contribution < 1.29 is 19.0 Å². The molecule has 2 aromatic carbocycles. The standard InChI is InChI=1S/C28H34N6O4/c1-19-17-38-16-13-34(19)27-32-25(31-26(33-27)22-11-14-37-15-12-22)21-5-9-24(10-6-21)30-28(35)29-23-7-3-20(4-8-23)18-36-2/h3-10,19,22H,11-18H2,1-2H3,(H2,29,30,35)/t19-/m1/s1. The number of carbonyl (C=O) groups is 1. The Balaban J connectivity index is 1.32. The summed E-state index contributed by atoms with van der Waals surface area (Å²) in [6.07, 6.45) is 1.79. The van der Waals surface area contributed by atoms with Gasteiger partial charge in [-0.25, -0.2) is 9.78 Å². The van der Waals surface area contributed by atoms with Crippen molar-refractivity contribution in [1.82, 2.24) is 15.0 Å². The first kappa shape index (κ1) is 26.0. The predicted molar refractivity (Wildman–Crippen MR) is 145 cm³/mol. The van der Waals surface area contributed by atoms with E-state index < -0.39 is 0 Å². The number of aromatic nitrogens is 3. The molecular weight excluding hydrogens is 484 g/mol. The molecule has 2 fully saturated rings. The van der Waals surface area contributed by atoms with Gasteiger partial charge in [0.1, 0.15) is 5.82 Å². The van der Waals surface area contributed by atoms with Crippen molar-refractivity contribution >= 4 is 23.4 Å². The molecule has 2 amide bonds. The van der Waals surface area contributed by atoms with Crippen molar-refractivity contribution in [3.05, 3.63) is 59.9 Å². The van der Waals surface area contributed by atoms with E-state index in [1.54, 1.807) is 7.11 Å². The molecule has 3 aromatic rings. The topological polar surface area (TPSA) is 111 Å². The summed E-state index contributed by atoms with van der Waals surface area (Å²) < 4.78 is 16.3. The quantitative estimate of drug-likeness (QED) is 0.472. The molecule has 0 spiro atoms. The minimum absolute atomic E-state index is 0.183. The molecule has 0 unspecified atom stereocenters. The lowest BCUT2D eigenvalue weighted by atomic mass is 9.99. The zero-order chi connectivity index (χ0) is 26.3. The number of urea groups is 1.